The summed E-state index contributed by atoms with van der Waals surface area (Å²) in [5.41, 5.74) is 2.05. The lowest BCUT2D eigenvalue weighted by molar-refractivity contribution is 0.345. The number of anilines is 1. The van der Waals surface area contributed by atoms with Crippen molar-refractivity contribution in [2.75, 3.05) is 11.9 Å². The Kier molecular flexibility index (Phi) is 4.30. The van der Waals surface area contributed by atoms with Crippen molar-refractivity contribution in [2.45, 2.75) is 38.5 Å². The van der Waals surface area contributed by atoms with Crippen molar-refractivity contribution in [3.63, 3.8) is 0 Å². The fourth-order valence-corrected chi connectivity index (χ4v) is 3.19. The number of hydrogen-bond donors (Lipinski definition) is 1. The Hall–Kier alpha value is -2.15. The van der Waals surface area contributed by atoms with Gasteiger partial charge in [0.25, 0.3) is 0 Å². The summed E-state index contributed by atoms with van der Waals surface area (Å²) in [6, 6.07) is 9.97. The molecule has 108 valence electrons. The molecular formula is C17H20N4. The minimum atomic E-state index is 0.386. The van der Waals surface area contributed by atoms with E-state index in [2.05, 4.69) is 21.6 Å². The summed E-state index contributed by atoms with van der Waals surface area (Å²) >= 11 is 0. The maximum absolute atomic E-state index is 9.23. The molecule has 0 radical (unpaired) electrons. The van der Waals surface area contributed by atoms with Crippen molar-refractivity contribution in [3.05, 3.63) is 30.0 Å². The average Bonchev–Trinajstić information content (AvgIpc) is 2.56. The second-order valence-corrected chi connectivity index (χ2v) is 5.77. The molecular weight excluding hydrogens is 260 g/mol. The molecule has 1 aromatic heterocycles. The minimum absolute atomic E-state index is 0.386. The number of hydrogen-bond acceptors (Lipinski definition) is 4. The molecule has 0 aliphatic heterocycles. The summed E-state index contributed by atoms with van der Waals surface area (Å²) < 4.78 is 0. The fourth-order valence-electron chi connectivity index (χ4n) is 3.19. The lowest BCUT2D eigenvalue weighted by Gasteiger charge is -2.21. The normalized spacial score (nSPS) is 15.8. The van der Waals surface area contributed by atoms with Crippen LogP contribution in [0, 0.1) is 17.2 Å². The Morgan fingerprint density at radius 2 is 1.95 bits per heavy atom. The van der Waals surface area contributed by atoms with Gasteiger partial charge in [0.05, 0.1) is 11.2 Å². The smallest absolute Gasteiger partial charge is 0.186 e. The van der Waals surface area contributed by atoms with Crippen LogP contribution in [0.3, 0.4) is 0 Å². The number of nitriles is 1. The van der Waals surface area contributed by atoms with Crippen LogP contribution in [0.4, 0.5) is 5.69 Å². The summed E-state index contributed by atoms with van der Waals surface area (Å²) in [5, 5.41) is 21.8. The third-order valence-corrected chi connectivity index (χ3v) is 4.35. The summed E-state index contributed by atoms with van der Waals surface area (Å²) in [5.74, 6) is 0.831. The van der Waals surface area contributed by atoms with Crippen molar-refractivity contribution in [1.29, 1.82) is 5.26 Å². The van der Waals surface area contributed by atoms with Gasteiger partial charge in [-0.3, -0.25) is 0 Å². The molecule has 2 aromatic rings. The van der Waals surface area contributed by atoms with E-state index >= 15 is 0 Å². The number of nitrogens with one attached hydrogen (secondary N) is 1. The third-order valence-electron chi connectivity index (χ3n) is 4.35. The molecule has 3 rings (SSSR count). The second kappa shape index (κ2) is 6.53. The molecule has 4 heteroatoms. The summed E-state index contributed by atoms with van der Waals surface area (Å²) in [7, 11) is 0. The van der Waals surface area contributed by atoms with Crippen LogP contribution in [-0.4, -0.2) is 16.7 Å². The van der Waals surface area contributed by atoms with Gasteiger partial charge in [0.15, 0.2) is 5.69 Å². The van der Waals surface area contributed by atoms with Crippen molar-refractivity contribution in [3.8, 4) is 6.07 Å². The molecule has 1 heterocycles. The van der Waals surface area contributed by atoms with Crippen LogP contribution >= 0.6 is 0 Å². The topological polar surface area (TPSA) is 61.6 Å². The van der Waals surface area contributed by atoms with E-state index in [0.717, 1.165) is 29.1 Å². The van der Waals surface area contributed by atoms with Gasteiger partial charge in [-0.1, -0.05) is 50.3 Å². The average molecular weight is 280 g/mol. The molecule has 1 fully saturated rings. The van der Waals surface area contributed by atoms with Crippen LogP contribution in [0.1, 0.15) is 44.2 Å². The van der Waals surface area contributed by atoms with Gasteiger partial charge in [0.1, 0.15) is 6.07 Å². The number of benzene rings is 1. The molecule has 1 saturated carbocycles. The lowest BCUT2D eigenvalue weighted by Crippen LogP contribution is -2.13. The van der Waals surface area contributed by atoms with Gasteiger partial charge in [-0.25, -0.2) is 0 Å². The molecule has 1 aliphatic carbocycles. The molecule has 1 N–H and O–H groups in total. The molecule has 0 bridgehead atoms. The van der Waals surface area contributed by atoms with E-state index in [1.54, 1.807) is 0 Å². The molecule has 1 aliphatic rings. The van der Waals surface area contributed by atoms with Gasteiger partial charge in [0, 0.05) is 11.9 Å². The molecule has 21 heavy (non-hydrogen) atoms. The Morgan fingerprint density at radius 3 is 2.76 bits per heavy atom. The maximum Gasteiger partial charge on any atom is 0.186 e. The van der Waals surface area contributed by atoms with Crippen LogP contribution in [0.25, 0.3) is 10.9 Å². The van der Waals surface area contributed by atoms with E-state index in [-0.39, 0.29) is 0 Å². The zero-order chi connectivity index (χ0) is 14.5. The monoisotopic (exact) mass is 280 g/mol. The van der Waals surface area contributed by atoms with E-state index in [4.69, 9.17) is 0 Å². The van der Waals surface area contributed by atoms with E-state index in [0.29, 0.717) is 5.69 Å². The van der Waals surface area contributed by atoms with Crippen LogP contribution in [-0.2, 0) is 0 Å². The van der Waals surface area contributed by atoms with E-state index in [1.807, 2.05) is 24.3 Å². The first-order valence-corrected chi connectivity index (χ1v) is 7.78. The van der Waals surface area contributed by atoms with Gasteiger partial charge >= 0.3 is 0 Å². The molecule has 0 spiro atoms. The van der Waals surface area contributed by atoms with E-state index in [1.165, 1.54) is 38.5 Å². The predicted molar refractivity (Wildman–Crippen MR) is 83.9 cm³/mol. The van der Waals surface area contributed by atoms with Gasteiger partial charge in [-0.15, -0.1) is 10.2 Å². The summed E-state index contributed by atoms with van der Waals surface area (Å²) in [6.45, 7) is 0.898. The first-order chi connectivity index (χ1) is 10.4. The van der Waals surface area contributed by atoms with Crippen LogP contribution in [0.2, 0.25) is 0 Å². The number of fused-ring (bicyclic) bond motifs is 1. The predicted octanol–water partition coefficient (Wildman–Crippen LogP) is 3.88. The van der Waals surface area contributed by atoms with Crippen LogP contribution in [0.15, 0.2) is 24.3 Å². The highest BCUT2D eigenvalue weighted by Crippen LogP contribution is 2.27. The molecule has 1 aromatic carbocycles. The van der Waals surface area contributed by atoms with Gasteiger partial charge in [-0.2, -0.15) is 5.26 Å². The Bertz CT molecular complexity index is 653. The first-order valence-electron chi connectivity index (χ1n) is 7.78. The van der Waals surface area contributed by atoms with Crippen molar-refractivity contribution in [1.82, 2.24) is 10.2 Å². The minimum Gasteiger partial charge on any atom is -0.382 e. The molecule has 4 nitrogen and oxygen atoms in total. The maximum atomic E-state index is 9.23. The Balaban J connectivity index is 1.74. The number of aromatic nitrogens is 2. The van der Waals surface area contributed by atoms with E-state index in [9.17, 15) is 5.26 Å². The largest absolute Gasteiger partial charge is 0.382 e. The zero-order valence-corrected chi connectivity index (χ0v) is 12.2. The zero-order valence-electron chi connectivity index (χ0n) is 12.2. The Morgan fingerprint density at radius 1 is 1.14 bits per heavy atom. The van der Waals surface area contributed by atoms with Gasteiger partial charge in [0.2, 0.25) is 0 Å². The highest BCUT2D eigenvalue weighted by molar-refractivity contribution is 5.92. The molecule has 0 saturated heterocycles. The van der Waals surface area contributed by atoms with Crippen molar-refractivity contribution in [2.24, 2.45) is 5.92 Å². The molecule has 0 atom stereocenters. The quantitative estimate of drug-likeness (QED) is 0.923. The van der Waals surface area contributed by atoms with E-state index < -0.39 is 0 Å². The first kappa shape index (κ1) is 13.8. The van der Waals surface area contributed by atoms with Crippen LogP contribution < -0.4 is 5.32 Å². The van der Waals surface area contributed by atoms with Crippen molar-refractivity contribution >= 4 is 16.6 Å². The van der Waals surface area contributed by atoms with Crippen molar-refractivity contribution < 1.29 is 0 Å². The highest BCUT2D eigenvalue weighted by Gasteiger charge is 2.14. The second-order valence-electron chi connectivity index (χ2n) is 5.77. The summed E-state index contributed by atoms with van der Waals surface area (Å²) in [4.78, 5) is 0. The number of nitrogens with zero attached hydrogens (tertiary/aromatic N) is 3. The standard InChI is InChI=1S/C17H20N4/c18-12-16-17(14-8-4-5-9-15(14)20-21-16)19-11-10-13-6-2-1-3-7-13/h4-5,8-9,13H,1-3,6-7,10-11H2,(H,19,20). The number of rotatable bonds is 4. The van der Waals surface area contributed by atoms with Crippen LogP contribution in [0.5, 0.6) is 0 Å². The molecule has 0 unspecified atom stereocenters. The van der Waals surface area contributed by atoms with Gasteiger partial charge in [-0.05, 0) is 18.4 Å². The van der Waals surface area contributed by atoms with Gasteiger partial charge < -0.3 is 5.32 Å². The Labute approximate surface area is 125 Å². The third kappa shape index (κ3) is 3.13. The SMILES string of the molecule is N#Cc1nnc2ccccc2c1NCCC1CCCCC1. The molecule has 0 amide bonds. The fraction of sp³-hybridized carbons (Fsp3) is 0.471. The highest BCUT2D eigenvalue weighted by atomic mass is 15.1. The summed E-state index contributed by atoms with van der Waals surface area (Å²) in [6.07, 6.45) is 7.99. The lowest BCUT2D eigenvalue weighted by atomic mass is 9.87.